The molecule has 0 aliphatic carbocycles. The first-order valence-electron chi connectivity index (χ1n) is 37.7. The second-order valence-corrected chi connectivity index (χ2v) is 30.7. The van der Waals surface area contributed by atoms with Crippen molar-refractivity contribution < 1.29 is 20.4 Å². The highest BCUT2D eigenvalue weighted by Crippen LogP contribution is 2.48. The van der Waals surface area contributed by atoms with E-state index < -0.39 is 23.9 Å². The number of nitrogens with zero attached hydrogens (tertiary/aromatic N) is 16. The number of imidazole rings is 1. The van der Waals surface area contributed by atoms with E-state index in [9.17, 15) is 20.4 Å². The van der Waals surface area contributed by atoms with Gasteiger partial charge in [0.1, 0.15) is 41.1 Å². The van der Waals surface area contributed by atoms with Gasteiger partial charge in [0, 0.05) is 173 Å². The van der Waals surface area contributed by atoms with Crippen LogP contribution in [0, 0.1) is 34.6 Å². The number of pyridine rings is 2. The van der Waals surface area contributed by atoms with Crippen molar-refractivity contribution in [3.63, 3.8) is 0 Å². The van der Waals surface area contributed by atoms with Crippen molar-refractivity contribution in [2.45, 2.75) is 193 Å². The van der Waals surface area contributed by atoms with Crippen molar-refractivity contribution in [2.75, 3.05) is 52.4 Å². The summed E-state index contributed by atoms with van der Waals surface area (Å²) in [5, 5.41) is 72.9. The Morgan fingerprint density at radius 3 is 1.41 bits per heavy atom. The Balaban J connectivity index is 0.000000102. The van der Waals surface area contributed by atoms with Crippen LogP contribution in [0.25, 0.3) is 43.7 Å². The zero-order valence-electron chi connectivity index (χ0n) is 60.3. The molecular formula is C80H97N19O4. The van der Waals surface area contributed by atoms with Crippen molar-refractivity contribution in [2.24, 2.45) is 0 Å². The Labute approximate surface area is 600 Å². The van der Waals surface area contributed by atoms with Gasteiger partial charge in [-0.25, -0.2) is 9.97 Å². The third kappa shape index (κ3) is 12.5. The highest BCUT2D eigenvalue weighted by molar-refractivity contribution is 5.89. The summed E-state index contributed by atoms with van der Waals surface area (Å²) in [6, 6.07) is 28.4. The van der Waals surface area contributed by atoms with E-state index in [-0.39, 0.29) is 0 Å². The van der Waals surface area contributed by atoms with Crippen LogP contribution >= 0.6 is 0 Å². The van der Waals surface area contributed by atoms with Crippen molar-refractivity contribution in [3.8, 4) is 0 Å². The van der Waals surface area contributed by atoms with Crippen LogP contribution in [0.5, 0.6) is 0 Å². The molecule has 23 heteroatoms. The molecule has 0 bridgehead atoms. The minimum atomic E-state index is -1.00. The van der Waals surface area contributed by atoms with Gasteiger partial charge in [-0.05, 0) is 195 Å². The topological polar surface area (TPSA) is 264 Å². The smallest absolute Gasteiger partial charge is 0.204 e. The summed E-state index contributed by atoms with van der Waals surface area (Å²) >= 11 is 0. The van der Waals surface area contributed by atoms with Crippen LogP contribution in [-0.4, -0.2) is 167 Å². The molecule has 8 unspecified atom stereocenters. The molecule has 4 fully saturated rings. The van der Waals surface area contributed by atoms with Gasteiger partial charge in [0.15, 0.2) is 0 Å². The monoisotopic (exact) mass is 1390 g/mol. The predicted octanol–water partition coefficient (Wildman–Crippen LogP) is 11.1. The molecule has 8 atom stereocenters. The number of aryl methyl sites for hydroxylation is 5. The molecule has 12 aromatic rings. The number of aromatic nitrogens is 15. The van der Waals surface area contributed by atoms with E-state index in [0.29, 0.717) is 67.7 Å². The maximum atomic E-state index is 11.4. The van der Waals surface area contributed by atoms with Gasteiger partial charge in [-0.3, -0.25) is 24.6 Å². The molecule has 0 saturated carbocycles. The molecule has 4 saturated heterocycles. The maximum Gasteiger partial charge on any atom is 0.204 e. The number of aliphatic hydroxyl groups excluding tert-OH is 3. The van der Waals surface area contributed by atoms with Crippen LogP contribution in [-0.2, 0) is 57.5 Å². The Kier molecular flexibility index (Phi) is 18.1. The van der Waals surface area contributed by atoms with E-state index in [2.05, 4.69) is 177 Å². The average molecular weight is 1390 g/mol. The molecule has 20 rings (SSSR count). The van der Waals surface area contributed by atoms with Gasteiger partial charge in [0.25, 0.3) is 0 Å². The molecule has 0 amide bonds. The first-order chi connectivity index (χ1) is 50.1. The summed E-state index contributed by atoms with van der Waals surface area (Å²) in [7, 11) is 0. The molecule has 17 heterocycles. The molecular weight excluding hydrogens is 1290 g/mol. The quantitative estimate of drug-likeness (QED) is 0.0599. The lowest BCUT2D eigenvalue weighted by Gasteiger charge is -2.32. The molecule has 8 aliphatic heterocycles. The standard InChI is InChI=1S/C23H28N4O.C20H24N4O.C19H23N5O.C18H22N6O/c1-15-11-18-21-19-5-4-9-26(19)10-8-20(21)27(22(18)25-12-15)14-23(3,28)17-7-6-16(2)24-13-17;1-13-4-5-15-14(11-13)19-16-3-2-9-23(16)10-6-17(19)24(15)12-18(25)20-21-7-8-22-20;1-12-4-5-15-13(9-12)19-16-3-2-7-23(16)8-6-17(19)24(15)11-18(25)14-10-20-22-21-14;1-11-4-5-13-12(9-11)17-14-3-2-7-23(14)8-6-15(17)24(13)10-16(25)18-19-21-22-20-18/h6-7,11-13,19,28H,4-5,8-10,14H2,1-3H3;4-5,7-8,11,16,18,25H,2-3,6,9-10,12H2,1H3,(H,21,22);4-5,9-10,16,18,25H,2-3,6-8,11H2,1H3,(H,20,21,22);4-5,9,14,16,25H,2-3,6-8,10H2,1H3,(H,19,20,21,22). The van der Waals surface area contributed by atoms with Gasteiger partial charge < -0.3 is 43.7 Å². The first-order valence-corrected chi connectivity index (χ1v) is 37.7. The number of fused-ring (bicyclic) bond motifs is 20. The maximum absolute atomic E-state index is 11.4. The third-order valence-corrected chi connectivity index (χ3v) is 24.0. The fourth-order valence-corrected chi connectivity index (χ4v) is 19.2. The molecule has 8 aliphatic rings. The van der Waals surface area contributed by atoms with Crippen LogP contribution in [0.4, 0.5) is 0 Å². The van der Waals surface area contributed by atoms with Crippen LogP contribution in [0.15, 0.2) is 104 Å². The van der Waals surface area contributed by atoms with E-state index in [1.54, 1.807) is 24.8 Å². The van der Waals surface area contributed by atoms with Crippen LogP contribution in [0.1, 0.15) is 197 Å². The number of tetrazole rings is 1. The Morgan fingerprint density at radius 2 is 0.961 bits per heavy atom. The highest BCUT2D eigenvalue weighted by Gasteiger charge is 2.41. The molecule has 536 valence electrons. The summed E-state index contributed by atoms with van der Waals surface area (Å²) in [6.45, 7) is 23.7. The van der Waals surface area contributed by atoms with Crippen LogP contribution < -0.4 is 0 Å². The average Bonchev–Trinajstić information content (AvgIpc) is 1.60. The summed E-state index contributed by atoms with van der Waals surface area (Å²) < 4.78 is 9.21. The van der Waals surface area contributed by atoms with E-state index >= 15 is 0 Å². The second-order valence-electron chi connectivity index (χ2n) is 30.7. The van der Waals surface area contributed by atoms with E-state index in [1.807, 2.05) is 32.2 Å². The van der Waals surface area contributed by atoms with Gasteiger partial charge >= 0.3 is 0 Å². The lowest BCUT2D eigenvalue weighted by molar-refractivity contribution is 0.0378. The van der Waals surface area contributed by atoms with Crippen molar-refractivity contribution in [1.82, 2.24) is 93.8 Å². The predicted molar refractivity (Wildman–Crippen MR) is 396 cm³/mol. The lowest BCUT2D eigenvalue weighted by atomic mass is 9.95. The van der Waals surface area contributed by atoms with Crippen molar-refractivity contribution in [3.05, 3.63) is 200 Å². The number of rotatable bonds is 12. The number of hydrogen-bond acceptors (Lipinski definition) is 16. The number of hydrogen-bond donors (Lipinski definition) is 7. The number of aliphatic hydroxyl groups is 4. The summed E-state index contributed by atoms with van der Waals surface area (Å²) in [6.07, 6.45) is 21.0. The van der Waals surface area contributed by atoms with Gasteiger partial charge in [-0.15, -0.1) is 10.2 Å². The lowest BCUT2D eigenvalue weighted by Crippen LogP contribution is -2.33. The highest BCUT2D eigenvalue weighted by atomic mass is 16.3. The largest absolute Gasteiger partial charge is 0.385 e. The summed E-state index contributed by atoms with van der Waals surface area (Å²) in [5.74, 6) is 0.988. The minimum absolute atomic E-state index is 0.348. The van der Waals surface area contributed by atoms with Crippen molar-refractivity contribution >= 4 is 43.7 Å². The van der Waals surface area contributed by atoms with Crippen LogP contribution in [0.2, 0.25) is 0 Å². The Hall–Kier alpha value is -8.78. The Bertz CT molecular complexity index is 4670. The molecule has 3 aromatic carbocycles. The van der Waals surface area contributed by atoms with Gasteiger partial charge in [0.2, 0.25) is 5.82 Å². The third-order valence-electron chi connectivity index (χ3n) is 24.0. The number of benzene rings is 3. The molecule has 7 N–H and O–H groups in total. The van der Waals surface area contributed by atoms with Crippen molar-refractivity contribution in [1.29, 1.82) is 0 Å². The van der Waals surface area contributed by atoms with Gasteiger partial charge in [0.05, 0.1) is 32.4 Å². The van der Waals surface area contributed by atoms with Gasteiger partial charge in [-0.1, -0.05) is 46.2 Å². The minimum Gasteiger partial charge on any atom is -0.385 e. The fourth-order valence-electron chi connectivity index (χ4n) is 19.2. The number of H-pyrrole nitrogens is 3. The zero-order chi connectivity index (χ0) is 70.4. The molecule has 103 heavy (non-hydrogen) atoms. The molecule has 0 spiro atoms. The molecule has 0 radical (unpaired) electrons. The number of aromatic amines is 3. The first kappa shape index (κ1) is 67.4. The summed E-state index contributed by atoms with van der Waals surface area (Å²) in [4.78, 5) is 27.0. The zero-order valence-corrected chi connectivity index (χ0v) is 60.3. The molecule has 9 aromatic heterocycles. The number of nitrogens with one attached hydrogen (secondary N) is 3. The van der Waals surface area contributed by atoms with E-state index in [1.165, 1.54) is 183 Å². The summed E-state index contributed by atoms with van der Waals surface area (Å²) in [5.41, 5.74) is 22.6. The van der Waals surface area contributed by atoms with E-state index in [4.69, 9.17) is 4.98 Å². The SMILES string of the molecule is Cc1ccc2c(c1)c1c(n2CC(O)c2cn[nH]n2)CCN2CCCC12.Cc1ccc2c(c1)c1c(n2CC(O)c2ncc[nH]2)CCN2CCCC12.Cc1ccc2c(c1)c1c(n2CC(O)c2nn[nH]n2)CCN2CCCC12.Cc1cnc2c(c1)c1c(n2CC(C)(O)c2ccc(C)nc2)CCN2CCCC12. The van der Waals surface area contributed by atoms with Gasteiger partial charge in [-0.2, -0.15) is 20.6 Å². The fraction of sp³-hybridized carbons (Fsp3) is 0.475. The normalized spacial score (nSPS) is 21.5. The Morgan fingerprint density at radius 1 is 0.485 bits per heavy atom. The molecule has 23 nitrogen and oxygen atoms in total. The van der Waals surface area contributed by atoms with Crippen LogP contribution in [0.3, 0.4) is 0 Å². The second kappa shape index (κ2) is 27.7. The van der Waals surface area contributed by atoms with E-state index in [0.717, 1.165) is 68.8 Å².